The van der Waals surface area contributed by atoms with E-state index in [9.17, 15) is 9.59 Å². The van der Waals surface area contributed by atoms with Gasteiger partial charge in [0, 0.05) is 24.0 Å². The predicted molar refractivity (Wildman–Crippen MR) is 75.6 cm³/mol. The second kappa shape index (κ2) is 7.06. The van der Waals surface area contributed by atoms with Gasteiger partial charge in [-0.2, -0.15) is 0 Å². The molecule has 2 rings (SSSR count). The van der Waals surface area contributed by atoms with Crippen molar-refractivity contribution in [1.29, 1.82) is 0 Å². The van der Waals surface area contributed by atoms with Crippen LogP contribution in [0.25, 0.3) is 6.08 Å². The average Bonchev–Trinajstić information content (AvgIpc) is 2.91. The van der Waals surface area contributed by atoms with Crippen LogP contribution in [0.3, 0.4) is 0 Å². The number of amides is 2. The fourth-order valence-corrected chi connectivity index (χ4v) is 2.58. The average molecular weight is 296 g/mol. The van der Waals surface area contributed by atoms with Gasteiger partial charge in [-0.1, -0.05) is 0 Å². The Hall–Kier alpha value is -1.86. The van der Waals surface area contributed by atoms with E-state index in [4.69, 9.17) is 9.84 Å². The number of hydrogen-bond acceptors (Lipinski definition) is 4. The number of nitrogens with zero attached hydrogens (tertiary/aromatic N) is 1. The lowest BCUT2D eigenvalue weighted by molar-refractivity contribution is -0.131. The monoisotopic (exact) mass is 296 g/mol. The lowest BCUT2D eigenvalue weighted by Gasteiger charge is -2.26. The van der Waals surface area contributed by atoms with Crippen LogP contribution in [0.2, 0.25) is 0 Å². The van der Waals surface area contributed by atoms with Crippen LogP contribution in [0.4, 0.5) is 4.79 Å². The van der Waals surface area contributed by atoms with Crippen LogP contribution in [0.15, 0.2) is 17.5 Å². The van der Waals surface area contributed by atoms with E-state index in [0.717, 1.165) is 16.5 Å². The minimum Gasteiger partial charge on any atom is -0.478 e. The third-order valence-corrected chi connectivity index (χ3v) is 3.76. The van der Waals surface area contributed by atoms with Gasteiger partial charge in [-0.3, -0.25) is 0 Å². The quantitative estimate of drug-likeness (QED) is 0.823. The Bertz CT molecular complexity index is 506. The highest BCUT2D eigenvalue weighted by atomic mass is 32.1. The SMILES string of the molecule is O=C(O)C=Cc1csc(CNC(=O)N2CCOCC2)c1. The minimum atomic E-state index is -0.974. The second-order valence-corrected chi connectivity index (χ2v) is 5.27. The van der Waals surface area contributed by atoms with E-state index < -0.39 is 5.97 Å². The van der Waals surface area contributed by atoms with Gasteiger partial charge >= 0.3 is 12.0 Å². The van der Waals surface area contributed by atoms with Crippen LogP contribution < -0.4 is 5.32 Å². The smallest absolute Gasteiger partial charge is 0.328 e. The van der Waals surface area contributed by atoms with Gasteiger partial charge in [0.15, 0.2) is 0 Å². The van der Waals surface area contributed by atoms with Gasteiger partial charge in [0.2, 0.25) is 0 Å². The Morgan fingerprint density at radius 2 is 2.20 bits per heavy atom. The van der Waals surface area contributed by atoms with E-state index in [1.54, 1.807) is 4.90 Å². The first-order valence-corrected chi connectivity index (χ1v) is 7.12. The van der Waals surface area contributed by atoms with Crippen LogP contribution >= 0.6 is 11.3 Å². The number of ether oxygens (including phenoxy) is 1. The topological polar surface area (TPSA) is 78.9 Å². The van der Waals surface area contributed by atoms with Crippen molar-refractivity contribution < 1.29 is 19.4 Å². The molecular weight excluding hydrogens is 280 g/mol. The van der Waals surface area contributed by atoms with Gasteiger partial charge in [-0.15, -0.1) is 11.3 Å². The van der Waals surface area contributed by atoms with Gasteiger partial charge in [-0.25, -0.2) is 9.59 Å². The highest BCUT2D eigenvalue weighted by Crippen LogP contribution is 2.16. The lowest BCUT2D eigenvalue weighted by Crippen LogP contribution is -2.45. The molecule has 2 N–H and O–H groups in total. The summed E-state index contributed by atoms with van der Waals surface area (Å²) in [5, 5.41) is 13.3. The van der Waals surface area contributed by atoms with Crippen LogP contribution in [-0.2, 0) is 16.1 Å². The van der Waals surface area contributed by atoms with Gasteiger partial charge in [0.05, 0.1) is 19.8 Å². The molecule has 1 saturated heterocycles. The molecule has 6 nitrogen and oxygen atoms in total. The summed E-state index contributed by atoms with van der Waals surface area (Å²) in [5.74, 6) is -0.974. The maximum Gasteiger partial charge on any atom is 0.328 e. The molecule has 0 atom stereocenters. The fraction of sp³-hybridized carbons (Fsp3) is 0.385. The van der Waals surface area contributed by atoms with E-state index in [1.165, 1.54) is 17.4 Å². The molecule has 2 amide bonds. The van der Waals surface area contributed by atoms with Crippen molar-refractivity contribution >= 4 is 29.4 Å². The summed E-state index contributed by atoms with van der Waals surface area (Å²) in [6.45, 7) is 2.83. The molecule has 0 bridgehead atoms. The Morgan fingerprint density at radius 1 is 1.45 bits per heavy atom. The van der Waals surface area contributed by atoms with Crippen molar-refractivity contribution in [2.24, 2.45) is 0 Å². The molecule has 0 unspecified atom stereocenters. The number of hydrogen-bond donors (Lipinski definition) is 2. The van der Waals surface area contributed by atoms with Crippen LogP contribution in [0.1, 0.15) is 10.4 Å². The summed E-state index contributed by atoms with van der Waals surface area (Å²) >= 11 is 1.49. The summed E-state index contributed by atoms with van der Waals surface area (Å²) in [4.78, 5) is 25.0. The molecule has 108 valence electrons. The number of carboxylic acid groups (broad SMARTS) is 1. The first-order chi connectivity index (χ1) is 9.65. The maximum atomic E-state index is 11.9. The van der Waals surface area contributed by atoms with Crippen LogP contribution in [-0.4, -0.2) is 48.3 Å². The first-order valence-electron chi connectivity index (χ1n) is 6.24. The Labute approximate surface area is 120 Å². The van der Waals surface area contributed by atoms with Crippen molar-refractivity contribution in [2.45, 2.75) is 6.54 Å². The standard InChI is InChI=1S/C13H16N2O4S/c16-12(17)2-1-10-7-11(20-9-10)8-14-13(18)15-3-5-19-6-4-15/h1-2,7,9H,3-6,8H2,(H,14,18)(H,16,17). The third-order valence-electron chi connectivity index (χ3n) is 2.80. The minimum absolute atomic E-state index is 0.0932. The number of aliphatic carboxylic acids is 1. The summed E-state index contributed by atoms with van der Waals surface area (Å²) < 4.78 is 5.19. The van der Waals surface area contributed by atoms with Crippen molar-refractivity contribution in [1.82, 2.24) is 10.2 Å². The van der Waals surface area contributed by atoms with Crippen molar-refractivity contribution in [2.75, 3.05) is 26.3 Å². The second-order valence-electron chi connectivity index (χ2n) is 4.28. The molecule has 1 aromatic heterocycles. The summed E-state index contributed by atoms with van der Waals surface area (Å²) in [7, 11) is 0. The molecule has 0 aliphatic carbocycles. The number of carboxylic acids is 1. The lowest BCUT2D eigenvalue weighted by atomic mass is 10.3. The number of carbonyl (C=O) groups is 2. The van der Waals surface area contributed by atoms with E-state index in [0.29, 0.717) is 32.8 Å². The van der Waals surface area contributed by atoms with Crippen LogP contribution in [0.5, 0.6) is 0 Å². The fourth-order valence-electron chi connectivity index (χ4n) is 1.79. The molecular formula is C13H16N2O4S. The summed E-state index contributed by atoms with van der Waals surface area (Å²) in [5.41, 5.74) is 0.827. The number of urea groups is 1. The third kappa shape index (κ3) is 4.36. The first kappa shape index (κ1) is 14.5. The van der Waals surface area contributed by atoms with E-state index in [1.807, 2.05) is 11.4 Å². The highest BCUT2D eigenvalue weighted by molar-refractivity contribution is 7.10. The molecule has 1 aliphatic rings. The number of thiophene rings is 1. The molecule has 1 fully saturated rings. The van der Waals surface area contributed by atoms with Gasteiger partial charge in [-0.05, 0) is 23.1 Å². The molecule has 20 heavy (non-hydrogen) atoms. The molecule has 1 aromatic rings. The molecule has 0 saturated carbocycles. The Morgan fingerprint density at radius 3 is 2.90 bits per heavy atom. The van der Waals surface area contributed by atoms with E-state index in [-0.39, 0.29) is 6.03 Å². The number of carbonyl (C=O) groups excluding carboxylic acids is 1. The van der Waals surface area contributed by atoms with E-state index in [2.05, 4.69) is 5.32 Å². The summed E-state index contributed by atoms with van der Waals surface area (Å²) in [6.07, 6.45) is 2.63. The summed E-state index contributed by atoms with van der Waals surface area (Å²) in [6, 6.07) is 1.77. The molecule has 0 aromatic carbocycles. The van der Waals surface area contributed by atoms with Gasteiger partial charge < -0.3 is 20.1 Å². The molecule has 0 radical (unpaired) electrons. The number of rotatable bonds is 4. The zero-order valence-electron chi connectivity index (χ0n) is 10.9. The zero-order valence-corrected chi connectivity index (χ0v) is 11.7. The maximum absolute atomic E-state index is 11.9. The van der Waals surface area contributed by atoms with Gasteiger partial charge in [0.1, 0.15) is 0 Å². The number of morpholine rings is 1. The Kier molecular flexibility index (Phi) is 5.14. The van der Waals surface area contributed by atoms with Gasteiger partial charge in [0.25, 0.3) is 0 Å². The normalized spacial score (nSPS) is 15.5. The molecule has 0 spiro atoms. The van der Waals surface area contributed by atoms with Crippen molar-refractivity contribution in [3.05, 3.63) is 28.0 Å². The van der Waals surface area contributed by atoms with Crippen molar-refractivity contribution in [3.8, 4) is 0 Å². The predicted octanol–water partition coefficient (Wildman–Crippen LogP) is 1.39. The zero-order chi connectivity index (χ0) is 14.4. The van der Waals surface area contributed by atoms with Crippen molar-refractivity contribution in [3.63, 3.8) is 0 Å². The largest absolute Gasteiger partial charge is 0.478 e. The Balaban J connectivity index is 1.81. The molecule has 2 heterocycles. The highest BCUT2D eigenvalue weighted by Gasteiger charge is 2.16. The molecule has 7 heteroatoms. The van der Waals surface area contributed by atoms with Crippen LogP contribution in [0, 0.1) is 0 Å². The van der Waals surface area contributed by atoms with E-state index >= 15 is 0 Å². The molecule has 1 aliphatic heterocycles. The number of nitrogens with one attached hydrogen (secondary N) is 1.